The van der Waals surface area contributed by atoms with Gasteiger partial charge in [-0.2, -0.15) is 0 Å². The minimum Gasteiger partial charge on any atom is -0.236 e. The van der Waals surface area contributed by atoms with Gasteiger partial charge in [-0.25, -0.2) is 18.7 Å². The molecule has 16 heavy (non-hydrogen) atoms. The molecule has 1 aromatic carbocycles. The summed E-state index contributed by atoms with van der Waals surface area (Å²) >= 11 is 3.13. The summed E-state index contributed by atoms with van der Waals surface area (Å²) in [6, 6.07) is 4.09. The fourth-order valence-corrected chi connectivity index (χ4v) is 1.67. The van der Waals surface area contributed by atoms with Gasteiger partial charge in [0.2, 0.25) is 0 Å². The molecule has 0 radical (unpaired) electrons. The fraction of sp³-hybridized carbons (Fsp3) is 0.0909. The van der Waals surface area contributed by atoms with Crippen LogP contribution in [0.3, 0.4) is 0 Å². The standard InChI is InChI=1S/C11H7BrF2N2/c1-6-2-3-7(13)10(11(6)14)8-4-9(12)16-5-15-8/h2-5H,1H3. The summed E-state index contributed by atoms with van der Waals surface area (Å²) in [5.41, 5.74) is 0.481. The number of rotatable bonds is 1. The van der Waals surface area contributed by atoms with Crippen molar-refractivity contribution >= 4 is 15.9 Å². The summed E-state index contributed by atoms with van der Waals surface area (Å²) in [5, 5.41) is 0. The number of aromatic nitrogens is 2. The molecule has 0 spiro atoms. The molecule has 0 saturated heterocycles. The molecule has 0 unspecified atom stereocenters. The minimum absolute atomic E-state index is 0.122. The molecular formula is C11H7BrF2N2. The molecule has 0 bridgehead atoms. The Hall–Kier alpha value is -1.36. The van der Waals surface area contributed by atoms with Crippen molar-refractivity contribution in [1.82, 2.24) is 9.97 Å². The van der Waals surface area contributed by atoms with Gasteiger partial charge in [0, 0.05) is 0 Å². The van der Waals surface area contributed by atoms with Crippen molar-refractivity contribution in [3.63, 3.8) is 0 Å². The molecule has 0 aliphatic carbocycles. The largest absolute Gasteiger partial charge is 0.236 e. The lowest BCUT2D eigenvalue weighted by Gasteiger charge is -2.06. The van der Waals surface area contributed by atoms with Crippen LogP contribution in [0.15, 0.2) is 29.1 Å². The Bertz CT molecular complexity index is 544. The van der Waals surface area contributed by atoms with Gasteiger partial charge in [-0.05, 0) is 40.5 Å². The Morgan fingerprint density at radius 3 is 2.62 bits per heavy atom. The molecule has 82 valence electrons. The lowest BCUT2D eigenvalue weighted by molar-refractivity contribution is 0.582. The van der Waals surface area contributed by atoms with E-state index in [-0.39, 0.29) is 11.3 Å². The minimum atomic E-state index is -0.631. The summed E-state index contributed by atoms with van der Waals surface area (Å²) in [4.78, 5) is 7.66. The van der Waals surface area contributed by atoms with E-state index in [2.05, 4.69) is 25.9 Å². The molecule has 0 N–H and O–H groups in total. The van der Waals surface area contributed by atoms with Crippen LogP contribution in [0.25, 0.3) is 11.3 Å². The zero-order valence-corrected chi connectivity index (χ0v) is 9.92. The number of hydrogen-bond acceptors (Lipinski definition) is 2. The Kier molecular flexibility index (Phi) is 2.96. The quantitative estimate of drug-likeness (QED) is 0.749. The van der Waals surface area contributed by atoms with Crippen LogP contribution in [-0.2, 0) is 0 Å². The average molecular weight is 285 g/mol. The number of halogens is 3. The van der Waals surface area contributed by atoms with Crippen LogP contribution >= 0.6 is 15.9 Å². The second-order valence-corrected chi connectivity index (χ2v) is 4.09. The highest BCUT2D eigenvalue weighted by molar-refractivity contribution is 9.10. The fourth-order valence-electron chi connectivity index (χ4n) is 1.36. The van der Waals surface area contributed by atoms with Crippen molar-refractivity contribution in [3.8, 4) is 11.3 Å². The Balaban J connectivity index is 2.68. The summed E-state index contributed by atoms with van der Waals surface area (Å²) < 4.78 is 27.8. The third kappa shape index (κ3) is 1.95. The molecule has 0 aliphatic heterocycles. The molecule has 0 fully saturated rings. The molecule has 2 nitrogen and oxygen atoms in total. The predicted octanol–water partition coefficient (Wildman–Crippen LogP) is 3.49. The molecule has 5 heteroatoms. The first-order chi connectivity index (χ1) is 7.59. The molecule has 0 aliphatic rings. The predicted molar refractivity (Wildman–Crippen MR) is 59.8 cm³/mol. The monoisotopic (exact) mass is 284 g/mol. The van der Waals surface area contributed by atoms with E-state index >= 15 is 0 Å². The van der Waals surface area contributed by atoms with Crippen molar-refractivity contribution < 1.29 is 8.78 Å². The van der Waals surface area contributed by atoms with Gasteiger partial charge in [0.05, 0.1) is 11.3 Å². The highest BCUT2D eigenvalue weighted by atomic mass is 79.9. The van der Waals surface area contributed by atoms with E-state index in [0.29, 0.717) is 10.2 Å². The van der Waals surface area contributed by atoms with Gasteiger partial charge in [0.1, 0.15) is 22.6 Å². The Morgan fingerprint density at radius 1 is 1.19 bits per heavy atom. The van der Waals surface area contributed by atoms with Crippen molar-refractivity contribution in [1.29, 1.82) is 0 Å². The lowest BCUT2D eigenvalue weighted by atomic mass is 10.1. The lowest BCUT2D eigenvalue weighted by Crippen LogP contribution is -1.96. The van der Waals surface area contributed by atoms with Crippen molar-refractivity contribution in [2.24, 2.45) is 0 Å². The maximum atomic E-state index is 13.8. The van der Waals surface area contributed by atoms with E-state index < -0.39 is 11.6 Å². The molecule has 0 amide bonds. The van der Waals surface area contributed by atoms with Gasteiger partial charge in [0.15, 0.2) is 0 Å². The zero-order valence-electron chi connectivity index (χ0n) is 8.34. The SMILES string of the molecule is Cc1ccc(F)c(-c2cc(Br)ncn2)c1F. The Morgan fingerprint density at radius 2 is 1.94 bits per heavy atom. The maximum Gasteiger partial charge on any atom is 0.138 e. The van der Waals surface area contributed by atoms with Crippen molar-refractivity contribution in [3.05, 3.63) is 46.3 Å². The van der Waals surface area contributed by atoms with Crippen molar-refractivity contribution in [2.75, 3.05) is 0 Å². The first-order valence-corrected chi connectivity index (χ1v) is 5.31. The third-order valence-electron chi connectivity index (χ3n) is 2.17. The second kappa shape index (κ2) is 4.25. The van der Waals surface area contributed by atoms with E-state index in [9.17, 15) is 8.78 Å². The smallest absolute Gasteiger partial charge is 0.138 e. The number of benzene rings is 1. The maximum absolute atomic E-state index is 13.8. The normalized spacial score (nSPS) is 10.5. The van der Waals surface area contributed by atoms with E-state index in [4.69, 9.17) is 0 Å². The molecule has 2 rings (SSSR count). The average Bonchev–Trinajstić information content (AvgIpc) is 2.24. The van der Waals surface area contributed by atoms with Crippen LogP contribution in [0, 0.1) is 18.6 Å². The number of hydrogen-bond donors (Lipinski definition) is 0. The first-order valence-electron chi connectivity index (χ1n) is 4.52. The van der Waals surface area contributed by atoms with E-state index in [1.165, 1.54) is 24.5 Å². The molecule has 0 atom stereocenters. The molecule has 0 saturated carbocycles. The topological polar surface area (TPSA) is 25.8 Å². The van der Waals surface area contributed by atoms with Crippen LogP contribution in [0.1, 0.15) is 5.56 Å². The van der Waals surface area contributed by atoms with Gasteiger partial charge in [-0.1, -0.05) is 6.07 Å². The van der Waals surface area contributed by atoms with Crippen LogP contribution in [0.2, 0.25) is 0 Å². The summed E-state index contributed by atoms with van der Waals surface area (Å²) in [5.74, 6) is -1.22. The highest BCUT2D eigenvalue weighted by Gasteiger charge is 2.14. The number of aryl methyl sites for hydroxylation is 1. The third-order valence-corrected chi connectivity index (χ3v) is 2.61. The van der Waals surface area contributed by atoms with Gasteiger partial charge >= 0.3 is 0 Å². The zero-order chi connectivity index (χ0) is 11.7. The van der Waals surface area contributed by atoms with Crippen LogP contribution in [0.4, 0.5) is 8.78 Å². The van der Waals surface area contributed by atoms with Crippen molar-refractivity contribution in [2.45, 2.75) is 6.92 Å². The first kappa shape index (κ1) is 11.1. The van der Waals surface area contributed by atoms with Crippen LogP contribution in [-0.4, -0.2) is 9.97 Å². The Labute approximate surface area is 99.5 Å². The number of nitrogens with zero attached hydrogens (tertiary/aromatic N) is 2. The van der Waals surface area contributed by atoms with Gasteiger partial charge in [-0.15, -0.1) is 0 Å². The summed E-state index contributed by atoms with van der Waals surface area (Å²) in [6.45, 7) is 1.58. The molecule has 1 aromatic heterocycles. The van der Waals surface area contributed by atoms with E-state index in [1.807, 2.05) is 0 Å². The second-order valence-electron chi connectivity index (χ2n) is 3.28. The summed E-state index contributed by atoms with van der Waals surface area (Å²) in [6.07, 6.45) is 1.25. The van der Waals surface area contributed by atoms with Crippen LogP contribution in [0.5, 0.6) is 0 Å². The van der Waals surface area contributed by atoms with Gasteiger partial charge in [-0.3, -0.25) is 0 Å². The molecular weight excluding hydrogens is 278 g/mol. The highest BCUT2D eigenvalue weighted by Crippen LogP contribution is 2.27. The van der Waals surface area contributed by atoms with Gasteiger partial charge in [0.25, 0.3) is 0 Å². The summed E-state index contributed by atoms with van der Waals surface area (Å²) in [7, 11) is 0. The molecule has 2 aromatic rings. The van der Waals surface area contributed by atoms with E-state index in [0.717, 1.165) is 0 Å². The molecule has 1 heterocycles. The van der Waals surface area contributed by atoms with Crippen LogP contribution < -0.4 is 0 Å². The van der Waals surface area contributed by atoms with Gasteiger partial charge < -0.3 is 0 Å². The van der Waals surface area contributed by atoms with E-state index in [1.54, 1.807) is 6.92 Å².